The molecule has 0 bridgehead atoms. The molecule has 11 heavy (non-hydrogen) atoms. The van der Waals surface area contributed by atoms with E-state index in [1.54, 1.807) is 6.92 Å². The van der Waals surface area contributed by atoms with Crippen molar-refractivity contribution >= 4 is 5.78 Å². The summed E-state index contributed by atoms with van der Waals surface area (Å²) in [4.78, 5) is 10.5. The summed E-state index contributed by atoms with van der Waals surface area (Å²) in [5, 5.41) is 0. The zero-order chi connectivity index (χ0) is 8.10. The fraction of sp³-hybridized carbons (Fsp3) is 0.667. The molecule has 0 unspecified atom stereocenters. The van der Waals surface area contributed by atoms with Crippen molar-refractivity contribution in [2.75, 3.05) is 6.61 Å². The average Bonchev–Trinajstić information content (AvgIpc) is 2.03. The van der Waals surface area contributed by atoms with Crippen LogP contribution in [0.5, 0.6) is 0 Å². The van der Waals surface area contributed by atoms with E-state index in [9.17, 15) is 4.79 Å². The summed E-state index contributed by atoms with van der Waals surface area (Å²) < 4.78 is 5.26. The fourth-order valence-electron chi connectivity index (χ4n) is 1.13. The summed E-state index contributed by atoms with van der Waals surface area (Å²) in [5.41, 5.74) is 0. The highest BCUT2D eigenvalue weighted by molar-refractivity contribution is 5.76. The number of ether oxygens (including phenoxy) is 1. The van der Waals surface area contributed by atoms with Crippen molar-refractivity contribution in [3.63, 3.8) is 0 Å². The molecule has 62 valence electrons. The lowest BCUT2D eigenvalue weighted by molar-refractivity contribution is -0.120. The summed E-state index contributed by atoms with van der Waals surface area (Å²) in [6, 6.07) is 0. The van der Waals surface area contributed by atoms with Crippen LogP contribution in [0.15, 0.2) is 11.8 Å². The molecule has 1 aliphatic carbocycles. The standard InChI is InChI=1S/C9H14O2/c1-8(10)7-11-9-5-3-2-4-6-9/h5H,2-4,6-7H2,1H3. The minimum atomic E-state index is 0.0940. The first-order valence-corrected chi connectivity index (χ1v) is 4.10. The highest BCUT2D eigenvalue weighted by atomic mass is 16.5. The summed E-state index contributed by atoms with van der Waals surface area (Å²) >= 11 is 0. The lowest BCUT2D eigenvalue weighted by Crippen LogP contribution is -2.05. The largest absolute Gasteiger partial charge is 0.491 e. The highest BCUT2D eigenvalue weighted by Gasteiger charge is 2.04. The Kier molecular flexibility index (Phi) is 3.14. The van der Waals surface area contributed by atoms with E-state index in [1.807, 2.05) is 0 Å². The van der Waals surface area contributed by atoms with Crippen molar-refractivity contribution < 1.29 is 9.53 Å². The molecule has 0 aromatic carbocycles. The second-order valence-electron chi connectivity index (χ2n) is 2.91. The van der Waals surface area contributed by atoms with Gasteiger partial charge in [-0.3, -0.25) is 4.79 Å². The third kappa shape index (κ3) is 3.21. The molecule has 0 saturated carbocycles. The Morgan fingerprint density at radius 1 is 1.64 bits per heavy atom. The summed E-state index contributed by atoms with van der Waals surface area (Å²) in [7, 11) is 0. The molecule has 0 aromatic rings. The van der Waals surface area contributed by atoms with Crippen LogP contribution in [0, 0.1) is 0 Å². The number of carbonyl (C=O) groups is 1. The maximum atomic E-state index is 10.5. The van der Waals surface area contributed by atoms with E-state index in [-0.39, 0.29) is 12.4 Å². The normalized spacial score (nSPS) is 17.4. The molecule has 0 atom stereocenters. The van der Waals surface area contributed by atoms with E-state index >= 15 is 0 Å². The Morgan fingerprint density at radius 3 is 3.00 bits per heavy atom. The molecule has 0 aliphatic heterocycles. The predicted molar refractivity (Wildman–Crippen MR) is 43.2 cm³/mol. The zero-order valence-electron chi connectivity index (χ0n) is 6.93. The minimum absolute atomic E-state index is 0.0940. The topological polar surface area (TPSA) is 26.3 Å². The maximum absolute atomic E-state index is 10.5. The van der Waals surface area contributed by atoms with Crippen LogP contribution in [-0.4, -0.2) is 12.4 Å². The van der Waals surface area contributed by atoms with Crippen molar-refractivity contribution in [1.82, 2.24) is 0 Å². The number of carbonyl (C=O) groups excluding carboxylic acids is 1. The van der Waals surface area contributed by atoms with E-state index in [4.69, 9.17) is 4.74 Å². The van der Waals surface area contributed by atoms with E-state index in [0.717, 1.165) is 18.6 Å². The van der Waals surface area contributed by atoms with E-state index in [0.29, 0.717) is 0 Å². The number of ketones is 1. The van der Waals surface area contributed by atoms with Crippen LogP contribution >= 0.6 is 0 Å². The van der Waals surface area contributed by atoms with Gasteiger partial charge in [-0.15, -0.1) is 0 Å². The Labute approximate surface area is 67.2 Å². The molecule has 0 saturated heterocycles. The van der Waals surface area contributed by atoms with Crippen molar-refractivity contribution in [2.24, 2.45) is 0 Å². The first kappa shape index (κ1) is 8.31. The zero-order valence-corrected chi connectivity index (χ0v) is 6.93. The van der Waals surface area contributed by atoms with Crippen LogP contribution in [0.25, 0.3) is 0 Å². The Bertz CT molecular complexity index is 170. The molecule has 0 N–H and O–H groups in total. The van der Waals surface area contributed by atoms with Gasteiger partial charge < -0.3 is 4.74 Å². The van der Waals surface area contributed by atoms with Gasteiger partial charge in [-0.1, -0.05) is 0 Å². The maximum Gasteiger partial charge on any atom is 0.167 e. The number of Topliss-reactive ketones (excluding diaryl/α,β-unsaturated/α-hetero) is 1. The van der Waals surface area contributed by atoms with Gasteiger partial charge >= 0.3 is 0 Å². The molecule has 0 radical (unpaired) electrons. The minimum Gasteiger partial charge on any atom is -0.491 e. The summed E-state index contributed by atoms with van der Waals surface area (Å²) in [6.07, 6.45) is 6.66. The summed E-state index contributed by atoms with van der Waals surface area (Å²) in [5.74, 6) is 1.10. The average molecular weight is 154 g/mol. The lowest BCUT2D eigenvalue weighted by Gasteiger charge is -2.12. The van der Waals surface area contributed by atoms with Gasteiger partial charge in [-0.2, -0.15) is 0 Å². The van der Waals surface area contributed by atoms with Crippen LogP contribution in [0.4, 0.5) is 0 Å². The number of hydrogen-bond acceptors (Lipinski definition) is 2. The van der Waals surface area contributed by atoms with Gasteiger partial charge in [0.25, 0.3) is 0 Å². The SMILES string of the molecule is CC(=O)COC1=CCCCC1. The fourth-order valence-corrected chi connectivity index (χ4v) is 1.13. The van der Waals surface area contributed by atoms with Gasteiger partial charge in [-0.25, -0.2) is 0 Å². The second-order valence-corrected chi connectivity index (χ2v) is 2.91. The molecule has 0 fully saturated rings. The highest BCUT2D eigenvalue weighted by Crippen LogP contribution is 2.17. The molecule has 1 rings (SSSR count). The molecule has 0 spiro atoms. The van der Waals surface area contributed by atoms with Crippen LogP contribution in [0.3, 0.4) is 0 Å². The van der Waals surface area contributed by atoms with E-state index in [2.05, 4.69) is 6.08 Å². The first-order valence-electron chi connectivity index (χ1n) is 4.10. The van der Waals surface area contributed by atoms with Crippen LogP contribution in [-0.2, 0) is 9.53 Å². The third-order valence-electron chi connectivity index (χ3n) is 1.71. The molecular weight excluding hydrogens is 140 g/mol. The first-order chi connectivity index (χ1) is 5.29. The molecule has 0 aromatic heterocycles. The molecule has 2 nitrogen and oxygen atoms in total. The van der Waals surface area contributed by atoms with Crippen LogP contribution < -0.4 is 0 Å². The lowest BCUT2D eigenvalue weighted by atomic mass is 10.1. The summed E-state index contributed by atoms with van der Waals surface area (Å²) in [6.45, 7) is 1.79. The van der Waals surface area contributed by atoms with Crippen molar-refractivity contribution in [2.45, 2.75) is 32.6 Å². The smallest absolute Gasteiger partial charge is 0.167 e. The van der Waals surface area contributed by atoms with Gasteiger partial charge in [-0.05, 0) is 32.3 Å². The molecule has 1 aliphatic rings. The second kappa shape index (κ2) is 4.16. The molecule has 2 heteroatoms. The van der Waals surface area contributed by atoms with Gasteiger partial charge in [0.05, 0.1) is 5.76 Å². The van der Waals surface area contributed by atoms with Gasteiger partial charge in [0, 0.05) is 6.42 Å². The Balaban J connectivity index is 2.24. The Morgan fingerprint density at radius 2 is 2.45 bits per heavy atom. The van der Waals surface area contributed by atoms with Gasteiger partial charge in [0.2, 0.25) is 0 Å². The predicted octanol–water partition coefficient (Wildman–Crippen LogP) is 2.05. The van der Waals surface area contributed by atoms with Crippen molar-refractivity contribution in [1.29, 1.82) is 0 Å². The molecular formula is C9H14O2. The molecule has 0 heterocycles. The van der Waals surface area contributed by atoms with Gasteiger partial charge in [0.15, 0.2) is 5.78 Å². The van der Waals surface area contributed by atoms with E-state index in [1.165, 1.54) is 12.8 Å². The van der Waals surface area contributed by atoms with Crippen LogP contribution in [0.1, 0.15) is 32.6 Å². The number of allylic oxidation sites excluding steroid dienone is 2. The monoisotopic (exact) mass is 154 g/mol. The molecule has 0 amide bonds. The quantitative estimate of drug-likeness (QED) is 0.622. The van der Waals surface area contributed by atoms with Crippen molar-refractivity contribution in [3.05, 3.63) is 11.8 Å². The third-order valence-corrected chi connectivity index (χ3v) is 1.71. The van der Waals surface area contributed by atoms with E-state index < -0.39 is 0 Å². The Hall–Kier alpha value is -0.790. The van der Waals surface area contributed by atoms with Gasteiger partial charge in [0.1, 0.15) is 6.61 Å². The van der Waals surface area contributed by atoms with Crippen LogP contribution in [0.2, 0.25) is 0 Å². The van der Waals surface area contributed by atoms with Crippen molar-refractivity contribution in [3.8, 4) is 0 Å². The number of hydrogen-bond donors (Lipinski definition) is 0. The number of rotatable bonds is 3.